The number of rotatable bonds is 5. The molecule has 1 N–H and O–H groups in total. The molecule has 0 aromatic carbocycles. The number of hydrogen-bond acceptors (Lipinski definition) is 3. The van der Waals surface area contributed by atoms with Gasteiger partial charge in [-0.25, -0.2) is 4.79 Å². The van der Waals surface area contributed by atoms with E-state index in [0.717, 1.165) is 6.42 Å². The van der Waals surface area contributed by atoms with Crippen molar-refractivity contribution in [3.05, 3.63) is 22.4 Å². The molecule has 0 spiro atoms. The molecule has 0 saturated carbocycles. The maximum absolute atomic E-state index is 12.3. The Hall–Kier alpha value is -1.28. The lowest BCUT2D eigenvalue weighted by Crippen LogP contribution is -2.45. The van der Waals surface area contributed by atoms with Crippen LogP contribution >= 0.6 is 11.3 Å². The summed E-state index contributed by atoms with van der Waals surface area (Å²) in [6.45, 7) is 0.298. The molecule has 4 nitrogen and oxygen atoms in total. The van der Waals surface area contributed by atoms with Crippen LogP contribution in [-0.2, 0) is 6.42 Å². The summed E-state index contributed by atoms with van der Waals surface area (Å²) in [6.07, 6.45) is -2.84. The van der Waals surface area contributed by atoms with Crippen molar-refractivity contribution in [1.29, 1.82) is 0 Å². The number of likely N-dealkylation sites (tertiary alicyclic amines) is 1. The van der Waals surface area contributed by atoms with Crippen LogP contribution in [0.1, 0.15) is 11.3 Å². The maximum atomic E-state index is 12.3. The zero-order valence-corrected chi connectivity index (χ0v) is 13.2. The molecule has 8 heteroatoms. The van der Waals surface area contributed by atoms with Crippen LogP contribution in [0.2, 0.25) is 0 Å². The smallest absolute Gasteiger partial charge is 0.334 e. The minimum Gasteiger partial charge on any atom is -0.334 e. The van der Waals surface area contributed by atoms with Gasteiger partial charge in [0.1, 0.15) is 0 Å². The standard InChI is InChI=1S/C14H20F3N3OS/c1-19(6-5-12-3-2-8-22-12)13(21)18-11-4-7-20(9-11)10-14(15,16)17/h2-3,8,11H,4-7,9-10H2,1H3,(H,18,21)/t11-/m1/s1. The van der Waals surface area contributed by atoms with Crippen LogP contribution in [0.5, 0.6) is 0 Å². The number of carbonyl (C=O) groups excluding carboxylic acids is 1. The first kappa shape index (κ1) is 17.1. The van der Waals surface area contributed by atoms with E-state index in [0.29, 0.717) is 19.5 Å². The Labute approximate surface area is 131 Å². The fraction of sp³-hybridized carbons (Fsp3) is 0.643. The van der Waals surface area contributed by atoms with Crippen molar-refractivity contribution >= 4 is 17.4 Å². The minimum atomic E-state index is -4.18. The number of carbonyl (C=O) groups is 1. The number of thiophene rings is 1. The van der Waals surface area contributed by atoms with Crippen molar-refractivity contribution in [3.8, 4) is 0 Å². The molecule has 2 amide bonds. The highest BCUT2D eigenvalue weighted by Gasteiger charge is 2.34. The Bertz CT molecular complexity index is 478. The van der Waals surface area contributed by atoms with Gasteiger partial charge in [0.25, 0.3) is 0 Å². The van der Waals surface area contributed by atoms with Crippen molar-refractivity contribution in [1.82, 2.24) is 15.1 Å². The second-order valence-electron chi connectivity index (χ2n) is 5.54. The SMILES string of the molecule is CN(CCc1cccs1)C(=O)N[C@@H]1CCN(CC(F)(F)F)C1. The van der Waals surface area contributed by atoms with Crippen molar-refractivity contribution < 1.29 is 18.0 Å². The van der Waals surface area contributed by atoms with Crippen molar-refractivity contribution in [3.63, 3.8) is 0 Å². The van der Waals surface area contributed by atoms with Gasteiger partial charge >= 0.3 is 12.2 Å². The molecule has 1 aliphatic rings. The van der Waals surface area contributed by atoms with Crippen LogP contribution < -0.4 is 5.32 Å². The molecule has 0 aliphatic carbocycles. The summed E-state index contributed by atoms with van der Waals surface area (Å²) in [4.78, 5) is 16.1. The molecule has 0 bridgehead atoms. The fourth-order valence-corrected chi connectivity index (χ4v) is 3.16. The molecule has 22 heavy (non-hydrogen) atoms. The molecule has 0 unspecified atom stereocenters. The summed E-state index contributed by atoms with van der Waals surface area (Å²) in [5.41, 5.74) is 0. The van der Waals surface area contributed by atoms with Gasteiger partial charge in [0.2, 0.25) is 0 Å². The average Bonchev–Trinajstić information content (AvgIpc) is 3.06. The molecule has 0 radical (unpaired) electrons. The van der Waals surface area contributed by atoms with Crippen LogP contribution in [0.3, 0.4) is 0 Å². The Morgan fingerprint density at radius 2 is 2.32 bits per heavy atom. The largest absolute Gasteiger partial charge is 0.401 e. The predicted molar refractivity (Wildman–Crippen MR) is 80.1 cm³/mol. The van der Waals surface area contributed by atoms with Gasteiger partial charge < -0.3 is 10.2 Å². The number of hydrogen-bond donors (Lipinski definition) is 1. The lowest BCUT2D eigenvalue weighted by Gasteiger charge is -2.21. The first-order chi connectivity index (χ1) is 10.3. The Balaban J connectivity index is 1.70. The number of halogens is 3. The summed E-state index contributed by atoms with van der Waals surface area (Å²) in [7, 11) is 1.70. The number of amides is 2. The third-order valence-electron chi connectivity index (χ3n) is 3.62. The first-order valence-electron chi connectivity index (χ1n) is 7.16. The van der Waals surface area contributed by atoms with Gasteiger partial charge in [-0.05, 0) is 24.3 Å². The molecule has 2 heterocycles. The number of alkyl halides is 3. The zero-order valence-electron chi connectivity index (χ0n) is 12.4. The van der Waals surface area contributed by atoms with Crippen LogP contribution in [-0.4, -0.2) is 61.3 Å². The van der Waals surface area contributed by atoms with Crippen LogP contribution in [0.15, 0.2) is 17.5 Å². The highest BCUT2D eigenvalue weighted by Crippen LogP contribution is 2.20. The Kier molecular flexibility index (Phi) is 5.69. The summed E-state index contributed by atoms with van der Waals surface area (Å²) in [5, 5.41) is 4.80. The number of nitrogens with one attached hydrogen (secondary N) is 1. The topological polar surface area (TPSA) is 35.6 Å². The lowest BCUT2D eigenvalue weighted by molar-refractivity contribution is -0.143. The molecule has 2 rings (SSSR count). The van der Waals surface area contributed by atoms with Gasteiger partial charge in [-0.1, -0.05) is 6.07 Å². The normalized spacial score (nSPS) is 19.4. The third-order valence-corrected chi connectivity index (χ3v) is 4.56. The molecule has 1 fully saturated rings. The second kappa shape index (κ2) is 7.32. The quantitative estimate of drug-likeness (QED) is 0.898. The van der Waals surface area contributed by atoms with E-state index >= 15 is 0 Å². The molecular formula is C14H20F3N3OS. The van der Waals surface area contributed by atoms with Crippen LogP contribution in [0, 0.1) is 0 Å². The van der Waals surface area contributed by atoms with Crippen LogP contribution in [0.25, 0.3) is 0 Å². The third kappa shape index (κ3) is 5.49. The van der Waals surface area contributed by atoms with E-state index in [2.05, 4.69) is 5.32 Å². The predicted octanol–water partition coefficient (Wildman–Crippen LogP) is 2.57. The van der Waals surface area contributed by atoms with Gasteiger partial charge in [-0.2, -0.15) is 13.2 Å². The molecule has 124 valence electrons. The molecule has 1 atom stereocenters. The van der Waals surface area contributed by atoms with Gasteiger partial charge in [0.05, 0.1) is 6.54 Å². The summed E-state index contributed by atoms with van der Waals surface area (Å²) < 4.78 is 37.0. The van der Waals surface area contributed by atoms with E-state index in [1.807, 2.05) is 17.5 Å². The van der Waals surface area contributed by atoms with Gasteiger partial charge in [0, 0.05) is 37.6 Å². The highest BCUT2D eigenvalue weighted by molar-refractivity contribution is 7.09. The van der Waals surface area contributed by atoms with Crippen LogP contribution in [0.4, 0.5) is 18.0 Å². The summed E-state index contributed by atoms with van der Waals surface area (Å²) >= 11 is 1.64. The monoisotopic (exact) mass is 335 g/mol. The number of likely N-dealkylation sites (N-methyl/N-ethyl adjacent to an activating group) is 1. The molecule has 1 aromatic rings. The fourth-order valence-electron chi connectivity index (χ4n) is 2.47. The minimum absolute atomic E-state index is 0.209. The van der Waals surface area contributed by atoms with Crippen molar-refractivity contribution in [2.45, 2.75) is 25.1 Å². The van der Waals surface area contributed by atoms with E-state index in [-0.39, 0.29) is 18.6 Å². The first-order valence-corrected chi connectivity index (χ1v) is 8.04. The zero-order chi connectivity index (χ0) is 16.2. The van der Waals surface area contributed by atoms with Crippen molar-refractivity contribution in [2.24, 2.45) is 0 Å². The molecular weight excluding hydrogens is 315 g/mol. The van der Waals surface area contributed by atoms with Gasteiger partial charge in [-0.3, -0.25) is 4.90 Å². The lowest BCUT2D eigenvalue weighted by atomic mass is 10.3. The van der Waals surface area contributed by atoms with Gasteiger partial charge in [-0.15, -0.1) is 11.3 Å². The van der Waals surface area contributed by atoms with E-state index < -0.39 is 12.7 Å². The maximum Gasteiger partial charge on any atom is 0.401 e. The molecule has 1 aliphatic heterocycles. The van der Waals surface area contributed by atoms with E-state index in [1.165, 1.54) is 9.78 Å². The highest BCUT2D eigenvalue weighted by atomic mass is 32.1. The summed E-state index contributed by atoms with van der Waals surface area (Å²) in [5.74, 6) is 0. The molecule has 1 aromatic heterocycles. The van der Waals surface area contributed by atoms with E-state index in [4.69, 9.17) is 0 Å². The number of nitrogens with zero attached hydrogens (tertiary/aromatic N) is 2. The van der Waals surface area contributed by atoms with Crippen molar-refractivity contribution in [2.75, 3.05) is 33.2 Å². The Morgan fingerprint density at radius 1 is 1.55 bits per heavy atom. The Morgan fingerprint density at radius 3 is 2.95 bits per heavy atom. The average molecular weight is 335 g/mol. The second-order valence-corrected chi connectivity index (χ2v) is 6.57. The molecule has 1 saturated heterocycles. The number of urea groups is 1. The summed E-state index contributed by atoms with van der Waals surface area (Å²) in [6, 6.07) is 3.55. The van der Waals surface area contributed by atoms with Gasteiger partial charge in [0.15, 0.2) is 0 Å². The van der Waals surface area contributed by atoms with E-state index in [9.17, 15) is 18.0 Å². The van der Waals surface area contributed by atoms with E-state index in [1.54, 1.807) is 23.3 Å².